The van der Waals surface area contributed by atoms with Crippen molar-refractivity contribution < 1.29 is 4.74 Å². The van der Waals surface area contributed by atoms with Gasteiger partial charge in [-0.2, -0.15) is 5.26 Å². The highest BCUT2D eigenvalue weighted by molar-refractivity contribution is 9.11. The fraction of sp³-hybridized carbons (Fsp3) is 0.0714. The molecule has 0 saturated carbocycles. The maximum absolute atomic E-state index is 9.19. The molecule has 2 rings (SSSR count). The third-order valence-electron chi connectivity index (χ3n) is 2.57. The summed E-state index contributed by atoms with van der Waals surface area (Å²) in [5, 5.41) is 12.4. The fourth-order valence-corrected chi connectivity index (χ4v) is 2.41. The summed E-state index contributed by atoms with van der Waals surface area (Å²) in [5.74, 6) is 0.749. The van der Waals surface area contributed by atoms with Crippen LogP contribution in [0.3, 0.4) is 0 Å². The number of hydrogen-bond acceptors (Lipinski definition) is 3. The molecule has 19 heavy (non-hydrogen) atoms. The first-order valence-electron chi connectivity index (χ1n) is 5.45. The van der Waals surface area contributed by atoms with Crippen LogP contribution in [0.2, 0.25) is 0 Å². The summed E-state index contributed by atoms with van der Waals surface area (Å²) in [4.78, 5) is 0. The van der Waals surface area contributed by atoms with Crippen LogP contribution >= 0.6 is 31.9 Å². The Morgan fingerprint density at radius 1 is 1.11 bits per heavy atom. The second-order valence-electron chi connectivity index (χ2n) is 3.74. The molecule has 0 amide bonds. The highest BCUT2D eigenvalue weighted by atomic mass is 79.9. The molecule has 0 aromatic heterocycles. The summed E-state index contributed by atoms with van der Waals surface area (Å²) in [6.45, 7) is 0. The number of rotatable bonds is 3. The van der Waals surface area contributed by atoms with Gasteiger partial charge in [0.1, 0.15) is 11.8 Å². The van der Waals surface area contributed by atoms with E-state index in [1.54, 1.807) is 7.11 Å². The number of methoxy groups -OCH3 is 1. The van der Waals surface area contributed by atoms with E-state index in [1.165, 1.54) is 0 Å². The molecule has 2 aromatic rings. The minimum absolute atomic E-state index is 0.567. The molecule has 0 unspecified atom stereocenters. The third-order valence-corrected chi connectivity index (χ3v) is 3.92. The Morgan fingerprint density at radius 2 is 1.89 bits per heavy atom. The molecule has 5 heteroatoms. The topological polar surface area (TPSA) is 45.0 Å². The number of halogens is 2. The molecular weight excluding hydrogens is 372 g/mol. The molecule has 96 valence electrons. The highest BCUT2D eigenvalue weighted by Crippen LogP contribution is 2.32. The zero-order chi connectivity index (χ0) is 13.8. The Kier molecular flexibility index (Phi) is 4.46. The van der Waals surface area contributed by atoms with Crippen molar-refractivity contribution in [3.05, 3.63) is 50.9 Å². The van der Waals surface area contributed by atoms with Crippen molar-refractivity contribution in [1.82, 2.24) is 0 Å². The van der Waals surface area contributed by atoms with Crippen molar-refractivity contribution in [3.63, 3.8) is 0 Å². The van der Waals surface area contributed by atoms with Crippen molar-refractivity contribution in [3.8, 4) is 11.8 Å². The molecule has 1 N–H and O–H groups in total. The van der Waals surface area contributed by atoms with Gasteiger partial charge >= 0.3 is 0 Å². The first kappa shape index (κ1) is 13.9. The van der Waals surface area contributed by atoms with Crippen LogP contribution in [-0.2, 0) is 0 Å². The van der Waals surface area contributed by atoms with Gasteiger partial charge in [0.05, 0.1) is 24.0 Å². The number of hydrogen-bond donors (Lipinski definition) is 1. The Hall–Kier alpha value is -1.51. The van der Waals surface area contributed by atoms with Gasteiger partial charge in [-0.05, 0) is 56.1 Å². The molecule has 0 radical (unpaired) electrons. The van der Waals surface area contributed by atoms with Crippen LogP contribution in [0.4, 0.5) is 11.4 Å². The molecule has 0 atom stereocenters. The highest BCUT2D eigenvalue weighted by Gasteiger charge is 2.08. The van der Waals surface area contributed by atoms with E-state index in [0.717, 1.165) is 26.1 Å². The number of benzene rings is 2. The van der Waals surface area contributed by atoms with E-state index in [-0.39, 0.29) is 0 Å². The summed E-state index contributed by atoms with van der Waals surface area (Å²) in [6.07, 6.45) is 0. The molecule has 0 aliphatic carbocycles. The van der Waals surface area contributed by atoms with Crippen LogP contribution in [0.25, 0.3) is 0 Å². The average Bonchev–Trinajstić information content (AvgIpc) is 2.41. The van der Waals surface area contributed by atoms with Gasteiger partial charge in [-0.3, -0.25) is 0 Å². The predicted molar refractivity (Wildman–Crippen MR) is 82.8 cm³/mol. The lowest BCUT2D eigenvalue weighted by molar-refractivity contribution is 0.415. The van der Waals surface area contributed by atoms with Gasteiger partial charge in [-0.1, -0.05) is 6.07 Å². The minimum atomic E-state index is 0.567. The fourth-order valence-electron chi connectivity index (χ4n) is 1.61. The molecule has 0 aliphatic rings. The Labute approximate surface area is 128 Å². The van der Waals surface area contributed by atoms with Crippen LogP contribution in [0.15, 0.2) is 45.3 Å². The normalized spacial score (nSPS) is 9.79. The Balaban J connectivity index is 2.42. The van der Waals surface area contributed by atoms with Crippen LogP contribution in [-0.4, -0.2) is 7.11 Å². The van der Waals surface area contributed by atoms with Crippen LogP contribution in [0.5, 0.6) is 5.75 Å². The standard InChI is InChI=1S/C14H10Br2N2O/c1-19-9-5-6-12(16)14(7-9)18-13-4-2-3-11(15)10(13)8-17/h2-7,18H,1H3. The lowest BCUT2D eigenvalue weighted by atomic mass is 10.2. The van der Waals surface area contributed by atoms with Gasteiger partial charge in [-0.15, -0.1) is 0 Å². The SMILES string of the molecule is COc1ccc(Br)c(Nc2cccc(Br)c2C#N)c1. The lowest BCUT2D eigenvalue weighted by Gasteiger charge is -2.12. The zero-order valence-corrected chi connectivity index (χ0v) is 13.2. The second kappa shape index (κ2) is 6.09. The van der Waals surface area contributed by atoms with Crippen LogP contribution in [0.1, 0.15) is 5.56 Å². The molecule has 0 spiro atoms. The number of nitrogens with one attached hydrogen (secondary N) is 1. The molecule has 0 bridgehead atoms. The molecule has 0 saturated heterocycles. The summed E-state index contributed by atoms with van der Waals surface area (Å²) in [7, 11) is 1.62. The number of ether oxygens (including phenoxy) is 1. The Bertz CT molecular complexity index is 650. The van der Waals surface area contributed by atoms with Gasteiger partial charge in [0.25, 0.3) is 0 Å². The monoisotopic (exact) mass is 380 g/mol. The summed E-state index contributed by atoms with van der Waals surface area (Å²) >= 11 is 6.84. The van der Waals surface area contributed by atoms with Crippen molar-refractivity contribution in [2.24, 2.45) is 0 Å². The van der Waals surface area contributed by atoms with E-state index in [0.29, 0.717) is 5.56 Å². The molecule has 2 aromatic carbocycles. The van der Waals surface area contributed by atoms with Gasteiger partial charge in [0.2, 0.25) is 0 Å². The number of anilines is 2. The van der Waals surface area contributed by atoms with Gasteiger partial charge in [0.15, 0.2) is 0 Å². The third kappa shape index (κ3) is 3.09. The summed E-state index contributed by atoms with van der Waals surface area (Å²) in [5.41, 5.74) is 2.15. The average molecular weight is 382 g/mol. The van der Waals surface area contributed by atoms with Gasteiger partial charge < -0.3 is 10.1 Å². The van der Waals surface area contributed by atoms with Gasteiger partial charge in [0, 0.05) is 15.0 Å². The molecule has 0 aliphatic heterocycles. The quantitative estimate of drug-likeness (QED) is 0.827. The lowest BCUT2D eigenvalue weighted by Crippen LogP contribution is -1.96. The molecule has 0 heterocycles. The van der Waals surface area contributed by atoms with Crippen molar-refractivity contribution in [1.29, 1.82) is 5.26 Å². The number of nitriles is 1. The van der Waals surface area contributed by atoms with Crippen molar-refractivity contribution in [2.75, 3.05) is 12.4 Å². The second-order valence-corrected chi connectivity index (χ2v) is 5.45. The zero-order valence-electron chi connectivity index (χ0n) is 10.1. The maximum atomic E-state index is 9.19. The van der Waals surface area contributed by atoms with E-state index in [1.807, 2.05) is 36.4 Å². The van der Waals surface area contributed by atoms with Crippen LogP contribution in [0, 0.1) is 11.3 Å². The van der Waals surface area contributed by atoms with Crippen molar-refractivity contribution >= 4 is 43.2 Å². The molecule has 3 nitrogen and oxygen atoms in total. The predicted octanol–water partition coefficient (Wildman–Crippen LogP) is 4.84. The van der Waals surface area contributed by atoms with E-state index in [4.69, 9.17) is 4.74 Å². The first-order valence-corrected chi connectivity index (χ1v) is 7.03. The smallest absolute Gasteiger partial charge is 0.121 e. The summed E-state index contributed by atoms with van der Waals surface area (Å²) in [6, 6.07) is 13.4. The van der Waals surface area contributed by atoms with Crippen LogP contribution < -0.4 is 10.1 Å². The largest absolute Gasteiger partial charge is 0.497 e. The first-order chi connectivity index (χ1) is 9.15. The van der Waals surface area contributed by atoms with E-state index >= 15 is 0 Å². The maximum Gasteiger partial charge on any atom is 0.121 e. The summed E-state index contributed by atoms with van der Waals surface area (Å²) < 4.78 is 6.86. The van der Waals surface area contributed by atoms with E-state index in [9.17, 15) is 5.26 Å². The van der Waals surface area contributed by atoms with E-state index in [2.05, 4.69) is 43.2 Å². The van der Waals surface area contributed by atoms with Gasteiger partial charge in [-0.25, -0.2) is 0 Å². The van der Waals surface area contributed by atoms with Crippen molar-refractivity contribution in [2.45, 2.75) is 0 Å². The molecule has 0 fully saturated rings. The minimum Gasteiger partial charge on any atom is -0.497 e. The molecular formula is C14H10Br2N2O. The number of nitrogens with zero attached hydrogens (tertiary/aromatic N) is 1. The Morgan fingerprint density at radius 3 is 2.58 bits per heavy atom. The van der Waals surface area contributed by atoms with E-state index < -0.39 is 0 Å².